The van der Waals surface area contributed by atoms with Gasteiger partial charge >= 0.3 is 6.36 Å². The molecule has 152 valence electrons. The van der Waals surface area contributed by atoms with Gasteiger partial charge in [0.25, 0.3) is 0 Å². The van der Waals surface area contributed by atoms with E-state index in [1.807, 2.05) is 4.90 Å². The number of rotatable bonds is 5. The lowest BCUT2D eigenvalue weighted by molar-refractivity contribution is -0.274. The van der Waals surface area contributed by atoms with Gasteiger partial charge < -0.3 is 9.64 Å². The normalized spacial score (nSPS) is 16.8. The number of thioether (sulfide) groups is 1. The lowest BCUT2D eigenvalue weighted by Crippen LogP contribution is -2.41. The molecule has 1 unspecified atom stereocenters. The van der Waals surface area contributed by atoms with Crippen LogP contribution in [0, 0.1) is 5.92 Å². The monoisotopic (exact) mass is 415 g/mol. The number of aromatic nitrogens is 4. The summed E-state index contributed by atoms with van der Waals surface area (Å²) in [5, 5.41) is 11.4. The van der Waals surface area contributed by atoms with E-state index in [0.29, 0.717) is 16.8 Å². The Morgan fingerprint density at radius 3 is 2.50 bits per heavy atom. The molecule has 1 amide bonds. The first-order chi connectivity index (χ1) is 13.2. The molecule has 0 N–H and O–H groups in total. The smallest absolute Gasteiger partial charge is 0.406 e. The fourth-order valence-corrected chi connectivity index (χ4v) is 3.79. The molecule has 1 aromatic carbocycles. The Morgan fingerprint density at radius 1 is 1.25 bits per heavy atom. The Labute approximate surface area is 164 Å². The molecule has 7 nitrogen and oxygen atoms in total. The maximum Gasteiger partial charge on any atom is 0.573 e. The van der Waals surface area contributed by atoms with Crippen LogP contribution in [0.2, 0.25) is 0 Å². The zero-order chi connectivity index (χ0) is 20.3. The van der Waals surface area contributed by atoms with Crippen LogP contribution in [0.3, 0.4) is 0 Å². The first-order valence-electron chi connectivity index (χ1n) is 8.83. The molecule has 1 fully saturated rings. The van der Waals surface area contributed by atoms with Crippen molar-refractivity contribution in [3.05, 3.63) is 24.3 Å². The van der Waals surface area contributed by atoms with Gasteiger partial charge in [-0.15, -0.1) is 18.3 Å². The second kappa shape index (κ2) is 8.38. The number of alkyl halides is 3. The molecule has 0 spiro atoms. The van der Waals surface area contributed by atoms with E-state index >= 15 is 0 Å². The minimum atomic E-state index is -4.75. The number of nitrogens with zero attached hydrogens (tertiary/aromatic N) is 5. The Kier molecular flexibility index (Phi) is 6.11. The number of hydrogen-bond acceptors (Lipinski definition) is 6. The zero-order valence-corrected chi connectivity index (χ0v) is 16.2. The minimum absolute atomic E-state index is 0.0281. The van der Waals surface area contributed by atoms with Gasteiger partial charge in [-0.25, -0.2) is 0 Å². The summed E-state index contributed by atoms with van der Waals surface area (Å²) in [7, 11) is 0. The Morgan fingerprint density at radius 2 is 1.89 bits per heavy atom. The summed E-state index contributed by atoms with van der Waals surface area (Å²) in [6.45, 7) is 5.47. The van der Waals surface area contributed by atoms with Crippen molar-refractivity contribution >= 4 is 17.7 Å². The summed E-state index contributed by atoms with van der Waals surface area (Å²) in [5.74, 6) is 0.324. The number of carbonyl (C=O) groups is 1. The van der Waals surface area contributed by atoms with Crippen LogP contribution in [-0.4, -0.2) is 55.7 Å². The number of amides is 1. The lowest BCUT2D eigenvalue weighted by Gasteiger charge is -2.31. The Bertz CT molecular complexity index is 804. The van der Waals surface area contributed by atoms with E-state index in [1.165, 1.54) is 40.7 Å². The molecular weight excluding hydrogens is 395 g/mol. The number of tetrazole rings is 1. The van der Waals surface area contributed by atoms with Gasteiger partial charge in [0.05, 0.1) is 10.9 Å². The van der Waals surface area contributed by atoms with Crippen LogP contribution in [0.25, 0.3) is 5.69 Å². The number of hydrogen-bond donors (Lipinski definition) is 0. The minimum Gasteiger partial charge on any atom is -0.406 e. The summed E-state index contributed by atoms with van der Waals surface area (Å²) in [6, 6.07) is 5.20. The van der Waals surface area contributed by atoms with Crippen molar-refractivity contribution in [2.24, 2.45) is 5.92 Å². The summed E-state index contributed by atoms with van der Waals surface area (Å²) < 4.78 is 42.1. The van der Waals surface area contributed by atoms with Crippen molar-refractivity contribution in [2.75, 3.05) is 13.1 Å². The molecule has 28 heavy (non-hydrogen) atoms. The van der Waals surface area contributed by atoms with Crippen LogP contribution in [0.15, 0.2) is 29.4 Å². The first-order valence-corrected chi connectivity index (χ1v) is 9.71. The number of likely N-dealkylation sites (tertiary alicyclic amines) is 1. The third-order valence-corrected chi connectivity index (χ3v) is 5.50. The summed E-state index contributed by atoms with van der Waals surface area (Å²) in [6.07, 6.45) is -2.76. The second-order valence-electron chi connectivity index (χ2n) is 6.68. The summed E-state index contributed by atoms with van der Waals surface area (Å²) in [5.41, 5.74) is 0.466. The molecule has 0 saturated carbocycles. The van der Waals surface area contributed by atoms with Crippen molar-refractivity contribution in [1.82, 2.24) is 25.1 Å². The molecule has 1 aromatic heterocycles. The number of benzene rings is 1. The molecule has 1 aliphatic heterocycles. The number of piperidine rings is 1. The highest BCUT2D eigenvalue weighted by atomic mass is 32.2. The number of ether oxygens (including phenoxy) is 1. The van der Waals surface area contributed by atoms with Crippen LogP contribution in [0.1, 0.15) is 26.7 Å². The van der Waals surface area contributed by atoms with Crippen LogP contribution in [-0.2, 0) is 4.79 Å². The maximum absolute atomic E-state index is 12.7. The molecule has 11 heteroatoms. The van der Waals surface area contributed by atoms with Gasteiger partial charge in [0.15, 0.2) is 0 Å². The third-order valence-electron chi connectivity index (χ3n) is 4.48. The molecule has 0 aliphatic carbocycles. The van der Waals surface area contributed by atoms with Gasteiger partial charge in [-0.2, -0.15) is 4.68 Å². The van der Waals surface area contributed by atoms with Gasteiger partial charge in [0.1, 0.15) is 5.75 Å². The van der Waals surface area contributed by atoms with Gasteiger partial charge in [0.2, 0.25) is 11.1 Å². The third kappa shape index (κ3) is 5.15. The number of carbonyl (C=O) groups excluding carboxylic acids is 1. The molecule has 3 rings (SSSR count). The summed E-state index contributed by atoms with van der Waals surface area (Å²) in [4.78, 5) is 14.5. The molecular formula is C17H20F3N5O2S. The Balaban J connectivity index is 1.67. The average Bonchev–Trinajstić information content (AvgIpc) is 3.09. The fraction of sp³-hybridized carbons (Fsp3) is 0.529. The van der Waals surface area contributed by atoms with Gasteiger partial charge in [-0.05, 0) is 60.4 Å². The highest BCUT2D eigenvalue weighted by Crippen LogP contribution is 2.28. The van der Waals surface area contributed by atoms with Crippen molar-refractivity contribution in [3.8, 4) is 11.4 Å². The van der Waals surface area contributed by atoms with Crippen LogP contribution < -0.4 is 4.74 Å². The van der Waals surface area contributed by atoms with E-state index in [0.717, 1.165) is 25.9 Å². The highest BCUT2D eigenvalue weighted by Gasteiger charge is 2.31. The number of halogens is 3. The lowest BCUT2D eigenvalue weighted by atomic mass is 9.99. The van der Waals surface area contributed by atoms with E-state index in [-0.39, 0.29) is 16.9 Å². The highest BCUT2D eigenvalue weighted by molar-refractivity contribution is 8.00. The van der Waals surface area contributed by atoms with Gasteiger partial charge in [-0.1, -0.05) is 18.7 Å². The molecule has 2 heterocycles. The molecule has 1 atom stereocenters. The van der Waals surface area contributed by atoms with Crippen LogP contribution >= 0.6 is 11.8 Å². The van der Waals surface area contributed by atoms with Crippen molar-refractivity contribution in [3.63, 3.8) is 0 Å². The van der Waals surface area contributed by atoms with Gasteiger partial charge in [-0.3, -0.25) is 4.79 Å². The quantitative estimate of drug-likeness (QED) is 0.698. The van der Waals surface area contributed by atoms with E-state index < -0.39 is 6.36 Å². The molecule has 0 radical (unpaired) electrons. The van der Waals surface area contributed by atoms with E-state index in [2.05, 4.69) is 27.2 Å². The fourth-order valence-electron chi connectivity index (χ4n) is 2.90. The van der Waals surface area contributed by atoms with Crippen LogP contribution in [0.4, 0.5) is 13.2 Å². The largest absolute Gasteiger partial charge is 0.573 e. The average molecular weight is 415 g/mol. The van der Waals surface area contributed by atoms with Crippen molar-refractivity contribution < 1.29 is 22.7 Å². The van der Waals surface area contributed by atoms with Crippen LogP contribution in [0.5, 0.6) is 5.75 Å². The zero-order valence-electron chi connectivity index (χ0n) is 15.4. The van der Waals surface area contributed by atoms with E-state index in [1.54, 1.807) is 6.92 Å². The van der Waals surface area contributed by atoms with Gasteiger partial charge in [0, 0.05) is 13.1 Å². The molecule has 1 saturated heterocycles. The van der Waals surface area contributed by atoms with E-state index in [9.17, 15) is 18.0 Å². The first kappa shape index (κ1) is 20.4. The van der Waals surface area contributed by atoms with E-state index in [4.69, 9.17) is 0 Å². The predicted octanol–water partition coefficient (Wildman–Crippen LogP) is 3.30. The second-order valence-corrected chi connectivity index (χ2v) is 7.99. The SMILES string of the molecule is CC1CCN(C(=O)C(C)Sc2nnnn2-c2ccc(OC(F)(F)F)cc2)CC1. The molecule has 1 aliphatic rings. The molecule has 0 bridgehead atoms. The summed E-state index contributed by atoms with van der Waals surface area (Å²) >= 11 is 1.21. The maximum atomic E-state index is 12.7. The predicted molar refractivity (Wildman–Crippen MR) is 96.1 cm³/mol. The Hall–Kier alpha value is -2.30. The van der Waals surface area contributed by atoms with Crippen molar-refractivity contribution in [1.29, 1.82) is 0 Å². The topological polar surface area (TPSA) is 73.1 Å². The molecule has 2 aromatic rings. The van der Waals surface area contributed by atoms with Crippen molar-refractivity contribution in [2.45, 2.75) is 43.5 Å². The standard InChI is InChI=1S/C17H20F3N5O2S/c1-11-7-9-24(10-8-11)15(26)12(2)28-16-21-22-23-25(16)13-3-5-14(6-4-13)27-17(18,19)20/h3-6,11-12H,7-10H2,1-2H3.